The smallest absolute Gasteiger partial charge is 0.339 e. The number of amides is 1. The lowest BCUT2D eigenvalue weighted by Crippen LogP contribution is -2.47. The summed E-state index contributed by atoms with van der Waals surface area (Å²) in [6.45, 7) is 9.16. The van der Waals surface area contributed by atoms with E-state index in [0.29, 0.717) is 11.3 Å². The van der Waals surface area contributed by atoms with Crippen molar-refractivity contribution in [1.82, 2.24) is 5.32 Å². The molecule has 0 saturated carbocycles. The van der Waals surface area contributed by atoms with Crippen LogP contribution < -0.4 is 11.1 Å². The van der Waals surface area contributed by atoms with Crippen LogP contribution in [0.1, 0.15) is 50.0 Å². The number of aryl methyl sites for hydroxylation is 1. The van der Waals surface area contributed by atoms with E-state index < -0.39 is 12.1 Å². The fourth-order valence-corrected chi connectivity index (χ4v) is 1.66. The summed E-state index contributed by atoms with van der Waals surface area (Å²) < 4.78 is 5.22. The van der Waals surface area contributed by atoms with Crippen molar-refractivity contribution >= 4 is 17.6 Å². The zero-order valence-electron chi connectivity index (χ0n) is 13.3. The molecule has 0 aliphatic rings. The van der Waals surface area contributed by atoms with E-state index in [2.05, 4.69) is 5.32 Å². The number of nitrogens with two attached hydrogens (primary N) is 1. The van der Waals surface area contributed by atoms with Gasteiger partial charge in [0.05, 0.1) is 5.56 Å². The van der Waals surface area contributed by atoms with E-state index >= 15 is 0 Å². The molecular weight excluding hydrogens is 268 g/mol. The third kappa shape index (κ3) is 4.77. The van der Waals surface area contributed by atoms with Crippen molar-refractivity contribution in [3.8, 4) is 0 Å². The second-order valence-electron chi connectivity index (χ2n) is 5.85. The van der Waals surface area contributed by atoms with Crippen LogP contribution in [0.5, 0.6) is 0 Å². The van der Waals surface area contributed by atoms with Crippen molar-refractivity contribution < 1.29 is 14.3 Å². The van der Waals surface area contributed by atoms with Crippen LogP contribution in [0.25, 0.3) is 0 Å². The molecule has 0 aromatic heterocycles. The van der Waals surface area contributed by atoms with Gasteiger partial charge in [0.2, 0.25) is 0 Å². The van der Waals surface area contributed by atoms with Crippen molar-refractivity contribution in [3.05, 3.63) is 29.3 Å². The molecular formula is C16H24N2O3. The monoisotopic (exact) mass is 292 g/mol. The fourth-order valence-electron chi connectivity index (χ4n) is 1.66. The largest absolute Gasteiger partial charge is 0.449 e. The highest BCUT2D eigenvalue weighted by Gasteiger charge is 2.25. The molecule has 1 rings (SSSR count). The first kappa shape index (κ1) is 17.0. The molecule has 1 amide bonds. The molecule has 0 aliphatic carbocycles. The van der Waals surface area contributed by atoms with Gasteiger partial charge in [0, 0.05) is 11.2 Å². The van der Waals surface area contributed by atoms with E-state index in [-0.39, 0.29) is 11.4 Å². The third-order valence-electron chi connectivity index (χ3n) is 3.48. The molecule has 0 radical (unpaired) electrons. The number of nitrogen functional groups attached to an aromatic ring is 1. The van der Waals surface area contributed by atoms with Gasteiger partial charge in [-0.2, -0.15) is 0 Å². The maximum atomic E-state index is 12.1. The number of hydrogen-bond acceptors (Lipinski definition) is 4. The second-order valence-corrected chi connectivity index (χ2v) is 5.85. The number of ether oxygens (including phenoxy) is 1. The molecule has 1 atom stereocenters. The highest BCUT2D eigenvalue weighted by molar-refractivity contribution is 5.94. The molecule has 0 bridgehead atoms. The number of anilines is 1. The number of esters is 1. The molecule has 3 N–H and O–H groups in total. The van der Waals surface area contributed by atoms with Gasteiger partial charge in [-0.05, 0) is 51.8 Å². The minimum absolute atomic E-state index is 0.309. The Hall–Kier alpha value is -2.04. The van der Waals surface area contributed by atoms with Crippen LogP contribution in [-0.4, -0.2) is 23.5 Å². The minimum atomic E-state index is -0.857. The first-order chi connectivity index (χ1) is 9.66. The summed E-state index contributed by atoms with van der Waals surface area (Å²) in [5, 5.41) is 2.85. The predicted molar refractivity (Wildman–Crippen MR) is 83.0 cm³/mol. The summed E-state index contributed by atoms with van der Waals surface area (Å²) >= 11 is 0. The lowest BCUT2D eigenvalue weighted by atomic mass is 10.0. The SMILES string of the molecule is CCC(C)(C)NC(=O)C(C)OC(=O)c1cc(N)ccc1C. The molecule has 5 nitrogen and oxygen atoms in total. The first-order valence-electron chi connectivity index (χ1n) is 7.05. The van der Waals surface area contributed by atoms with Gasteiger partial charge in [-0.1, -0.05) is 13.0 Å². The van der Waals surface area contributed by atoms with Crippen LogP contribution in [0.4, 0.5) is 5.69 Å². The molecule has 1 aromatic carbocycles. The second kappa shape index (κ2) is 6.61. The number of hydrogen-bond donors (Lipinski definition) is 2. The molecule has 1 aromatic rings. The van der Waals surface area contributed by atoms with Crippen molar-refractivity contribution in [2.24, 2.45) is 0 Å². The quantitative estimate of drug-likeness (QED) is 0.645. The molecule has 0 aliphatic heterocycles. The van der Waals surface area contributed by atoms with E-state index in [1.807, 2.05) is 20.8 Å². The van der Waals surface area contributed by atoms with Gasteiger partial charge in [-0.3, -0.25) is 4.79 Å². The van der Waals surface area contributed by atoms with Crippen molar-refractivity contribution in [2.75, 3.05) is 5.73 Å². The van der Waals surface area contributed by atoms with Gasteiger partial charge in [-0.25, -0.2) is 4.79 Å². The Labute approximate surface area is 125 Å². The summed E-state index contributed by atoms with van der Waals surface area (Å²) in [5.74, 6) is -0.853. The van der Waals surface area contributed by atoms with Crippen LogP contribution in [0.15, 0.2) is 18.2 Å². The van der Waals surface area contributed by atoms with Crippen molar-refractivity contribution in [2.45, 2.75) is 52.7 Å². The molecule has 0 saturated heterocycles. The predicted octanol–water partition coefficient (Wildman–Crippen LogP) is 2.43. The molecule has 5 heteroatoms. The van der Waals surface area contributed by atoms with Gasteiger partial charge < -0.3 is 15.8 Å². The standard InChI is InChI=1S/C16H24N2O3/c1-6-16(4,5)18-14(19)11(3)21-15(20)13-9-12(17)8-7-10(13)2/h7-9,11H,6,17H2,1-5H3,(H,18,19). The molecule has 0 heterocycles. The highest BCUT2D eigenvalue weighted by Crippen LogP contribution is 2.15. The number of carbonyl (C=O) groups excluding carboxylic acids is 2. The van der Waals surface area contributed by atoms with Crippen LogP contribution in [0.3, 0.4) is 0 Å². The summed E-state index contributed by atoms with van der Waals surface area (Å²) in [6, 6.07) is 5.02. The Bertz CT molecular complexity index is 538. The number of nitrogens with one attached hydrogen (secondary N) is 1. The van der Waals surface area contributed by atoms with E-state index in [1.54, 1.807) is 32.0 Å². The van der Waals surface area contributed by atoms with Gasteiger partial charge in [0.15, 0.2) is 6.10 Å². The van der Waals surface area contributed by atoms with Crippen molar-refractivity contribution in [3.63, 3.8) is 0 Å². The molecule has 0 fully saturated rings. The normalized spacial score (nSPS) is 12.6. The summed E-state index contributed by atoms with van der Waals surface area (Å²) in [4.78, 5) is 24.1. The fraction of sp³-hybridized carbons (Fsp3) is 0.500. The van der Waals surface area contributed by atoms with Gasteiger partial charge in [0.1, 0.15) is 0 Å². The van der Waals surface area contributed by atoms with E-state index in [4.69, 9.17) is 10.5 Å². The van der Waals surface area contributed by atoms with Gasteiger partial charge in [-0.15, -0.1) is 0 Å². The Morgan fingerprint density at radius 1 is 1.38 bits per heavy atom. The van der Waals surface area contributed by atoms with Crippen LogP contribution in [-0.2, 0) is 9.53 Å². The lowest BCUT2D eigenvalue weighted by molar-refractivity contribution is -0.130. The van der Waals surface area contributed by atoms with Crippen LogP contribution in [0, 0.1) is 6.92 Å². The highest BCUT2D eigenvalue weighted by atomic mass is 16.5. The van der Waals surface area contributed by atoms with Crippen molar-refractivity contribution in [1.29, 1.82) is 0 Å². The van der Waals surface area contributed by atoms with E-state index in [9.17, 15) is 9.59 Å². The molecule has 0 spiro atoms. The molecule has 1 unspecified atom stereocenters. The Balaban J connectivity index is 2.74. The van der Waals surface area contributed by atoms with Gasteiger partial charge >= 0.3 is 5.97 Å². The summed E-state index contributed by atoms with van der Waals surface area (Å²) in [7, 11) is 0. The summed E-state index contributed by atoms with van der Waals surface area (Å²) in [6.07, 6.45) is -0.0718. The Kier molecular flexibility index (Phi) is 5.35. The number of rotatable bonds is 5. The average molecular weight is 292 g/mol. The topological polar surface area (TPSA) is 81.4 Å². The lowest BCUT2D eigenvalue weighted by Gasteiger charge is -2.26. The minimum Gasteiger partial charge on any atom is -0.449 e. The zero-order valence-corrected chi connectivity index (χ0v) is 13.3. The third-order valence-corrected chi connectivity index (χ3v) is 3.48. The van der Waals surface area contributed by atoms with Crippen LogP contribution in [0.2, 0.25) is 0 Å². The average Bonchev–Trinajstić information content (AvgIpc) is 2.40. The Morgan fingerprint density at radius 3 is 2.57 bits per heavy atom. The zero-order chi connectivity index (χ0) is 16.2. The molecule has 21 heavy (non-hydrogen) atoms. The summed E-state index contributed by atoms with van der Waals surface area (Å²) in [5.41, 5.74) is 6.96. The van der Waals surface area contributed by atoms with Crippen LogP contribution >= 0.6 is 0 Å². The first-order valence-corrected chi connectivity index (χ1v) is 7.05. The maximum Gasteiger partial charge on any atom is 0.339 e. The van der Waals surface area contributed by atoms with E-state index in [0.717, 1.165) is 12.0 Å². The number of carbonyl (C=O) groups is 2. The van der Waals surface area contributed by atoms with Gasteiger partial charge in [0.25, 0.3) is 5.91 Å². The Morgan fingerprint density at radius 2 is 2.00 bits per heavy atom. The van der Waals surface area contributed by atoms with E-state index in [1.165, 1.54) is 0 Å². The molecule has 116 valence electrons. The number of benzene rings is 1. The maximum absolute atomic E-state index is 12.1.